The SMILES string of the molecule is COc1ccc(C(C(=O)N2CCC(C)CC2)n2cnc(NC(=O)[C@@H](COCc3ccccc3)NC(=O)C(C)(C)N(C)C(=O)OC(C)(C)C)c2)cc1. The molecule has 2 N–H and O–H groups in total. The fourth-order valence-corrected chi connectivity index (χ4v) is 5.48. The van der Waals surface area contributed by atoms with Crippen LogP contribution in [0.4, 0.5) is 10.6 Å². The molecule has 13 nitrogen and oxygen atoms in total. The number of likely N-dealkylation sites (N-methyl/N-ethyl adjacent to an activating group) is 1. The van der Waals surface area contributed by atoms with E-state index in [1.54, 1.807) is 64.6 Å². The van der Waals surface area contributed by atoms with Gasteiger partial charge in [-0.15, -0.1) is 0 Å². The Morgan fingerprint density at radius 2 is 1.63 bits per heavy atom. The highest BCUT2D eigenvalue weighted by Crippen LogP contribution is 2.27. The number of hydrogen-bond donors (Lipinski definition) is 2. The summed E-state index contributed by atoms with van der Waals surface area (Å²) >= 11 is 0. The van der Waals surface area contributed by atoms with Gasteiger partial charge in [0.1, 0.15) is 29.0 Å². The van der Waals surface area contributed by atoms with E-state index in [0.717, 1.165) is 24.0 Å². The van der Waals surface area contributed by atoms with E-state index >= 15 is 0 Å². The van der Waals surface area contributed by atoms with Gasteiger partial charge in [0, 0.05) is 26.3 Å². The lowest BCUT2D eigenvalue weighted by Crippen LogP contribution is -2.60. The maximum atomic E-state index is 14.0. The summed E-state index contributed by atoms with van der Waals surface area (Å²) in [6.07, 6.45) is 4.27. The van der Waals surface area contributed by atoms with Crippen LogP contribution in [-0.4, -0.2) is 94.2 Å². The fourth-order valence-electron chi connectivity index (χ4n) is 5.48. The zero-order chi connectivity index (χ0) is 37.3. The molecule has 1 aliphatic rings. The third kappa shape index (κ3) is 10.5. The Morgan fingerprint density at radius 1 is 0.980 bits per heavy atom. The number of nitrogens with zero attached hydrogens (tertiary/aromatic N) is 4. The van der Waals surface area contributed by atoms with Gasteiger partial charge in [-0.25, -0.2) is 9.78 Å². The van der Waals surface area contributed by atoms with Crippen LogP contribution in [0.25, 0.3) is 0 Å². The molecule has 276 valence electrons. The quantitative estimate of drug-likeness (QED) is 0.252. The maximum Gasteiger partial charge on any atom is 0.410 e. The molecule has 0 radical (unpaired) electrons. The molecule has 51 heavy (non-hydrogen) atoms. The number of rotatable bonds is 13. The van der Waals surface area contributed by atoms with Gasteiger partial charge in [-0.1, -0.05) is 49.4 Å². The number of methoxy groups -OCH3 is 1. The molecule has 0 bridgehead atoms. The van der Waals surface area contributed by atoms with Crippen molar-refractivity contribution in [3.05, 3.63) is 78.2 Å². The highest BCUT2D eigenvalue weighted by Gasteiger charge is 2.39. The molecule has 0 aliphatic carbocycles. The highest BCUT2D eigenvalue weighted by atomic mass is 16.6. The van der Waals surface area contributed by atoms with Crippen LogP contribution in [-0.2, 0) is 30.5 Å². The summed E-state index contributed by atoms with van der Waals surface area (Å²) in [5.74, 6) is 0.153. The minimum absolute atomic E-state index is 0.0712. The zero-order valence-corrected chi connectivity index (χ0v) is 31.0. The van der Waals surface area contributed by atoms with E-state index in [1.165, 1.54) is 18.3 Å². The molecule has 4 amide bonds. The number of carbonyl (C=O) groups excluding carboxylic acids is 4. The summed E-state index contributed by atoms with van der Waals surface area (Å²) in [6.45, 7) is 11.9. The summed E-state index contributed by atoms with van der Waals surface area (Å²) in [5, 5.41) is 5.54. The molecule has 2 aromatic carbocycles. The van der Waals surface area contributed by atoms with Crippen molar-refractivity contribution >= 4 is 29.6 Å². The average Bonchev–Trinajstić information content (AvgIpc) is 3.55. The maximum absolute atomic E-state index is 14.0. The fraction of sp³-hybridized carbons (Fsp3) is 0.500. The van der Waals surface area contributed by atoms with E-state index in [9.17, 15) is 19.2 Å². The second-order valence-corrected chi connectivity index (χ2v) is 14.5. The first-order valence-corrected chi connectivity index (χ1v) is 17.3. The van der Waals surface area contributed by atoms with Gasteiger partial charge in [0.15, 0.2) is 5.82 Å². The number of piperidine rings is 1. The van der Waals surface area contributed by atoms with Gasteiger partial charge in [0.25, 0.3) is 5.91 Å². The Hall–Kier alpha value is -4.91. The number of amides is 4. The van der Waals surface area contributed by atoms with E-state index in [0.29, 0.717) is 24.8 Å². The van der Waals surface area contributed by atoms with Crippen molar-refractivity contribution in [1.29, 1.82) is 0 Å². The standard InChI is InChI=1S/C38H52N6O7/c1-26-18-20-43(21-19-26)34(46)32(28-14-16-29(49-8)17-15-28)44-22-31(39-25-44)41-33(45)30(24-50-23-27-12-10-9-11-13-27)40-35(47)38(5,6)42(7)36(48)51-37(2,3)4/h9-17,22,25-26,30,32H,18-21,23-24H2,1-8H3,(H,40,47)(H,41,45)/t30-,32?/m1/s1. The van der Waals surface area contributed by atoms with Crippen LogP contribution in [0.3, 0.4) is 0 Å². The average molecular weight is 705 g/mol. The number of nitrogens with one attached hydrogen (secondary N) is 2. The largest absolute Gasteiger partial charge is 0.497 e. The topological polar surface area (TPSA) is 144 Å². The first kappa shape index (κ1) is 38.9. The number of imidazole rings is 1. The van der Waals surface area contributed by atoms with Crippen molar-refractivity contribution in [2.75, 3.05) is 39.2 Å². The first-order valence-electron chi connectivity index (χ1n) is 17.3. The van der Waals surface area contributed by atoms with E-state index in [1.807, 2.05) is 47.4 Å². The predicted octanol–water partition coefficient (Wildman–Crippen LogP) is 5.03. The summed E-state index contributed by atoms with van der Waals surface area (Å²) < 4.78 is 18.4. The van der Waals surface area contributed by atoms with Gasteiger partial charge < -0.3 is 34.3 Å². The Balaban J connectivity index is 1.55. The number of ether oxygens (including phenoxy) is 3. The number of hydrogen-bond acceptors (Lipinski definition) is 8. The van der Waals surface area contributed by atoms with Gasteiger partial charge in [0.05, 0.1) is 26.7 Å². The smallest absolute Gasteiger partial charge is 0.410 e. The molecule has 4 rings (SSSR count). The van der Waals surface area contributed by atoms with Crippen LogP contribution in [0.15, 0.2) is 67.1 Å². The molecule has 1 unspecified atom stereocenters. The molecule has 3 aromatic rings. The van der Waals surface area contributed by atoms with Crippen LogP contribution >= 0.6 is 0 Å². The van der Waals surface area contributed by atoms with Crippen LogP contribution < -0.4 is 15.4 Å². The van der Waals surface area contributed by atoms with E-state index in [2.05, 4.69) is 22.5 Å². The zero-order valence-electron chi connectivity index (χ0n) is 31.0. The highest BCUT2D eigenvalue weighted by molar-refractivity contribution is 5.98. The van der Waals surface area contributed by atoms with Crippen LogP contribution in [0, 0.1) is 5.92 Å². The number of benzene rings is 2. The summed E-state index contributed by atoms with van der Waals surface area (Å²) in [4.78, 5) is 61.7. The number of likely N-dealkylation sites (tertiary alicyclic amines) is 1. The third-order valence-electron chi connectivity index (χ3n) is 8.99. The second kappa shape index (κ2) is 16.9. The third-order valence-corrected chi connectivity index (χ3v) is 8.99. The molecular weight excluding hydrogens is 652 g/mol. The number of aromatic nitrogens is 2. The second-order valence-electron chi connectivity index (χ2n) is 14.5. The minimum atomic E-state index is -1.39. The Morgan fingerprint density at radius 3 is 2.24 bits per heavy atom. The van der Waals surface area contributed by atoms with E-state index < -0.39 is 41.1 Å². The van der Waals surface area contributed by atoms with Crippen molar-refractivity contribution in [3.8, 4) is 5.75 Å². The number of anilines is 1. The first-order chi connectivity index (χ1) is 24.1. The van der Waals surface area contributed by atoms with Crippen molar-refractivity contribution in [3.63, 3.8) is 0 Å². The van der Waals surface area contributed by atoms with Crippen molar-refractivity contribution in [2.24, 2.45) is 5.92 Å². The summed E-state index contributed by atoms with van der Waals surface area (Å²) in [5.41, 5.74) is -0.520. The number of carbonyl (C=O) groups is 4. The lowest BCUT2D eigenvalue weighted by Gasteiger charge is -2.36. The van der Waals surface area contributed by atoms with Gasteiger partial charge in [-0.2, -0.15) is 0 Å². The minimum Gasteiger partial charge on any atom is -0.497 e. The van der Waals surface area contributed by atoms with Crippen molar-refractivity contribution < 1.29 is 33.4 Å². The molecule has 1 saturated heterocycles. The Labute approximate surface area is 300 Å². The molecule has 1 aliphatic heterocycles. The van der Waals surface area contributed by atoms with Gasteiger partial charge in [-0.3, -0.25) is 19.3 Å². The van der Waals surface area contributed by atoms with Crippen molar-refractivity contribution in [2.45, 2.75) is 84.2 Å². The molecule has 0 saturated carbocycles. The van der Waals surface area contributed by atoms with Crippen molar-refractivity contribution in [1.82, 2.24) is 24.7 Å². The monoisotopic (exact) mass is 704 g/mol. The lowest BCUT2D eigenvalue weighted by molar-refractivity contribution is -0.135. The summed E-state index contributed by atoms with van der Waals surface area (Å²) in [6, 6.07) is 14.9. The molecule has 1 aromatic heterocycles. The van der Waals surface area contributed by atoms with Gasteiger partial charge >= 0.3 is 6.09 Å². The molecule has 0 spiro atoms. The molecular formula is C38H52N6O7. The molecule has 1 fully saturated rings. The predicted molar refractivity (Wildman–Crippen MR) is 193 cm³/mol. The van der Waals surface area contributed by atoms with E-state index in [-0.39, 0.29) is 24.9 Å². The van der Waals surface area contributed by atoms with Crippen LogP contribution in [0.2, 0.25) is 0 Å². The summed E-state index contributed by atoms with van der Waals surface area (Å²) in [7, 11) is 3.05. The Bertz CT molecular complexity index is 1630. The molecule has 2 atom stereocenters. The normalized spacial score (nSPS) is 15.0. The van der Waals surface area contributed by atoms with Crippen LogP contribution in [0.1, 0.15) is 71.6 Å². The lowest BCUT2D eigenvalue weighted by atomic mass is 9.97. The molecule has 13 heteroatoms. The van der Waals surface area contributed by atoms with Crippen LogP contribution in [0.5, 0.6) is 5.75 Å². The molecule has 2 heterocycles. The Kier molecular flexibility index (Phi) is 12.9. The van der Waals surface area contributed by atoms with E-state index in [4.69, 9.17) is 14.2 Å². The van der Waals surface area contributed by atoms with Gasteiger partial charge in [0.2, 0.25) is 11.8 Å². The van der Waals surface area contributed by atoms with Gasteiger partial charge in [-0.05, 0) is 76.6 Å².